The van der Waals surface area contributed by atoms with Gasteiger partial charge in [0.2, 0.25) is 0 Å². The van der Waals surface area contributed by atoms with Crippen LogP contribution in [0.4, 0.5) is 0 Å². The van der Waals surface area contributed by atoms with Crippen molar-refractivity contribution in [3.05, 3.63) is 36.2 Å². The minimum Gasteiger partial charge on any atom is -0.480 e. The minimum atomic E-state index is -0.366. The van der Waals surface area contributed by atoms with Crippen LogP contribution in [-0.4, -0.2) is 24.1 Å². The first-order valence-electron chi connectivity index (χ1n) is 7.08. The van der Waals surface area contributed by atoms with E-state index in [1.165, 1.54) is 38.4 Å². The highest BCUT2D eigenvalue weighted by Gasteiger charge is 2.19. The highest BCUT2D eigenvalue weighted by molar-refractivity contribution is 5.72. The van der Waals surface area contributed by atoms with E-state index < -0.39 is 0 Å². The van der Waals surface area contributed by atoms with Gasteiger partial charge in [-0.05, 0) is 42.5 Å². The van der Waals surface area contributed by atoms with E-state index >= 15 is 0 Å². The summed E-state index contributed by atoms with van der Waals surface area (Å²) in [5.74, 6) is 1.03. The monoisotopic (exact) mass is 273 g/mol. The molecule has 2 aromatic rings. The van der Waals surface area contributed by atoms with Gasteiger partial charge in [0.1, 0.15) is 5.75 Å². The fourth-order valence-electron chi connectivity index (χ4n) is 2.93. The van der Waals surface area contributed by atoms with Crippen molar-refractivity contribution in [2.24, 2.45) is 0 Å². The number of hydrogen-bond donors (Lipinski definition) is 0. The van der Waals surface area contributed by atoms with E-state index in [9.17, 15) is 4.79 Å². The summed E-state index contributed by atoms with van der Waals surface area (Å²) in [4.78, 5) is 11.2. The lowest BCUT2D eigenvalue weighted by molar-refractivity contribution is -0.142. The van der Waals surface area contributed by atoms with Crippen molar-refractivity contribution in [3.63, 3.8) is 0 Å². The van der Waals surface area contributed by atoms with Gasteiger partial charge < -0.3 is 13.9 Å². The Morgan fingerprint density at radius 3 is 2.95 bits per heavy atom. The molecule has 1 fully saturated rings. The summed E-state index contributed by atoms with van der Waals surface area (Å²) in [6, 6.07) is 6.00. The molecule has 0 amide bonds. The molecule has 106 valence electrons. The number of aromatic nitrogens is 1. The SMILES string of the molecule is COC(=O)COc1cccn2cc(C3CCCC3)cc12. The third-order valence-corrected chi connectivity index (χ3v) is 4.02. The maximum Gasteiger partial charge on any atom is 0.343 e. The molecule has 0 spiro atoms. The van der Waals surface area contributed by atoms with Crippen LogP contribution in [-0.2, 0) is 9.53 Å². The lowest BCUT2D eigenvalue weighted by Crippen LogP contribution is -2.12. The Kier molecular flexibility index (Phi) is 3.63. The molecule has 0 bridgehead atoms. The topological polar surface area (TPSA) is 39.9 Å². The molecule has 2 heterocycles. The summed E-state index contributed by atoms with van der Waals surface area (Å²) in [7, 11) is 1.36. The van der Waals surface area contributed by atoms with E-state index in [4.69, 9.17) is 4.74 Å². The predicted octanol–water partition coefficient (Wildman–Crippen LogP) is 3.15. The average Bonchev–Trinajstić information content (AvgIpc) is 3.12. The number of nitrogens with zero attached hydrogens (tertiary/aromatic N) is 1. The molecule has 1 saturated carbocycles. The van der Waals surface area contributed by atoms with Gasteiger partial charge in [-0.15, -0.1) is 0 Å². The number of carbonyl (C=O) groups is 1. The van der Waals surface area contributed by atoms with E-state index in [-0.39, 0.29) is 12.6 Å². The number of ether oxygens (including phenoxy) is 2. The molecule has 0 saturated heterocycles. The number of fused-ring (bicyclic) bond motifs is 1. The molecule has 0 radical (unpaired) electrons. The van der Waals surface area contributed by atoms with Crippen LogP contribution in [0.15, 0.2) is 30.6 Å². The second kappa shape index (κ2) is 5.57. The summed E-state index contributed by atoms with van der Waals surface area (Å²) in [6.45, 7) is -0.0554. The zero-order chi connectivity index (χ0) is 13.9. The van der Waals surface area contributed by atoms with E-state index in [0.717, 1.165) is 11.3 Å². The van der Waals surface area contributed by atoms with Gasteiger partial charge in [0.25, 0.3) is 0 Å². The van der Waals surface area contributed by atoms with Crippen molar-refractivity contribution in [3.8, 4) is 5.75 Å². The van der Waals surface area contributed by atoms with Gasteiger partial charge in [0.05, 0.1) is 12.6 Å². The van der Waals surface area contributed by atoms with Crippen LogP contribution in [0.2, 0.25) is 0 Å². The van der Waals surface area contributed by atoms with Crippen LogP contribution < -0.4 is 4.74 Å². The Hall–Kier alpha value is -1.97. The van der Waals surface area contributed by atoms with Crippen LogP contribution in [0.3, 0.4) is 0 Å². The van der Waals surface area contributed by atoms with Crippen LogP contribution >= 0.6 is 0 Å². The van der Waals surface area contributed by atoms with Gasteiger partial charge in [-0.25, -0.2) is 4.79 Å². The van der Waals surface area contributed by atoms with Crippen LogP contribution in [0.1, 0.15) is 37.2 Å². The molecule has 0 N–H and O–H groups in total. The maximum absolute atomic E-state index is 11.2. The quantitative estimate of drug-likeness (QED) is 0.803. The maximum atomic E-state index is 11.2. The second-order valence-corrected chi connectivity index (χ2v) is 5.28. The Morgan fingerprint density at radius 2 is 2.20 bits per heavy atom. The molecule has 1 aliphatic rings. The van der Waals surface area contributed by atoms with Crippen molar-refractivity contribution in [2.45, 2.75) is 31.6 Å². The van der Waals surface area contributed by atoms with E-state index in [2.05, 4.69) is 21.4 Å². The third kappa shape index (κ3) is 2.50. The van der Waals surface area contributed by atoms with E-state index in [1.807, 2.05) is 18.3 Å². The number of esters is 1. The van der Waals surface area contributed by atoms with Gasteiger partial charge in [0.15, 0.2) is 6.61 Å². The number of pyridine rings is 1. The average molecular weight is 273 g/mol. The molecular weight excluding hydrogens is 254 g/mol. The molecular formula is C16H19NO3. The highest BCUT2D eigenvalue weighted by Crippen LogP contribution is 2.36. The van der Waals surface area contributed by atoms with Gasteiger partial charge in [-0.1, -0.05) is 12.8 Å². The number of hydrogen-bond acceptors (Lipinski definition) is 3. The highest BCUT2D eigenvalue weighted by atomic mass is 16.6. The zero-order valence-corrected chi connectivity index (χ0v) is 11.7. The van der Waals surface area contributed by atoms with Crippen molar-refractivity contribution < 1.29 is 14.3 Å². The molecule has 20 heavy (non-hydrogen) atoms. The molecule has 4 heteroatoms. The lowest BCUT2D eigenvalue weighted by atomic mass is 10.0. The Balaban J connectivity index is 1.86. The Labute approximate surface area is 118 Å². The molecule has 2 aromatic heterocycles. The normalized spacial score (nSPS) is 15.7. The Morgan fingerprint density at radius 1 is 1.40 bits per heavy atom. The molecule has 0 unspecified atom stereocenters. The van der Waals surface area contributed by atoms with Crippen LogP contribution in [0.5, 0.6) is 5.75 Å². The summed E-state index contributed by atoms with van der Waals surface area (Å²) in [6.07, 6.45) is 9.38. The summed E-state index contributed by atoms with van der Waals surface area (Å²) in [5, 5.41) is 0. The standard InChI is InChI=1S/C16H19NO3/c1-19-16(18)11-20-15-7-4-8-17-10-13(9-14(15)17)12-5-2-3-6-12/h4,7-10,12H,2-3,5-6,11H2,1H3. The smallest absolute Gasteiger partial charge is 0.343 e. The van der Waals surface area contributed by atoms with Crippen molar-refractivity contribution in [1.29, 1.82) is 0 Å². The predicted molar refractivity (Wildman–Crippen MR) is 76.1 cm³/mol. The van der Waals surface area contributed by atoms with Gasteiger partial charge in [-0.2, -0.15) is 0 Å². The van der Waals surface area contributed by atoms with Crippen molar-refractivity contribution in [2.75, 3.05) is 13.7 Å². The lowest BCUT2D eigenvalue weighted by Gasteiger charge is -2.06. The van der Waals surface area contributed by atoms with Crippen molar-refractivity contribution >= 4 is 11.5 Å². The summed E-state index contributed by atoms with van der Waals surface area (Å²) < 4.78 is 12.2. The van der Waals surface area contributed by atoms with Crippen molar-refractivity contribution in [1.82, 2.24) is 4.40 Å². The van der Waals surface area contributed by atoms with Crippen LogP contribution in [0.25, 0.3) is 5.52 Å². The molecule has 3 rings (SSSR count). The minimum absolute atomic E-state index is 0.0554. The largest absolute Gasteiger partial charge is 0.480 e. The van der Waals surface area contributed by atoms with Gasteiger partial charge >= 0.3 is 5.97 Å². The second-order valence-electron chi connectivity index (χ2n) is 5.28. The number of rotatable bonds is 4. The number of carbonyl (C=O) groups excluding carboxylic acids is 1. The fourth-order valence-corrected chi connectivity index (χ4v) is 2.93. The Bertz CT molecular complexity index is 611. The first-order chi connectivity index (χ1) is 9.78. The fraction of sp³-hybridized carbons (Fsp3) is 0.438. The van der Waals surface area contributed by atoms with Crippen LogP contribution in [0, 0.1) is 0 Å². The first kappa shape index (κ1) is 13.0. The third-order valence-electron chi connectivity index (χ3n) is 4.02. The van der Waals surface area contributed by atoms with Gasteiger partial charge in [0, 0.05) is 12.4 Å². The molecule has 4 nitrogen and oxygen atoms in total. The zero-order valence-electron chi connectivity index (χ0n) is 11.7. The first-order valence-corrected chi connectivity index (χ1v) is 7.08. The molecule has 0 atom stereocenters. The van der Waals surface area contributed by atoms with Gasteiger partial charge in [-0.3, -0.25) is 0 Å². The summed E-state index contributed by atoms with van der Waals surface area (Å²) >= 11 is 0. The van der Waals surface area contributed by atoms with E-state index in [1.54, 1.807) is 0 Å². The van der Waals surface area contributed by atoms with E-state index in [0.29, 0.717) is 5.92 Å². The molecule has 1 aliphatic carbocycles. The molecule has 0 aliphatic heterocycles. The summed E-state index contributed by atoms with van der Waals surface area (Å²) in [5.41, 5.74) is 2.38. The number of methoxy groups -OCH3 is 1. The molecule has 0 aromatic carbocycles.